The van der Waals surface area contributed by atoms with E-state index in [4.69, 9.17) is 55.9 Å². The van der Waals surface area contributed by atoms with Crippen LogP contribution in [0.3, 0.4) is 0 Å². The molecule has 2 bridgehead atoms. The van der Waals surface area contributed by atoms with Gasteiger partial charge in [-0.1, -0.05) is 10.3 Å². The monoisotopic (exact) mass is 400 g/mol. The van der Waals surface area contributed by atoms with Crippen molar-refractivity contribution in [1.82, 2.24) is 0 Å². The lowest BCUT2D eigenvalue weighted by atomic mass is 9.57. The zero-order valence-electron chi connectivity index (χ0n) is 11.9. The highest BCUT2D eigenvalue weighted by atomic mass is 35.5. The molecule has 5 fully saturated rings. The maximum Gasteiger partial charge on any atom is 0.211 e. The van der Waals surface area contributed by atoms with Gasteiger partial charge in [0, 0.05) is 37.9 Å². The number of nitrogens with zero attached hydrogens (tertiary/aromatic N) is 2. The van der Waals surface area contributed by atoms with Gasteiger partial charge in [0.05, 0.1) is 11.4 Å². The second-order valence-electron chi connectivity index (χ2n) is 6.83. The second kappa shape index (κ2) is 3.60. The number of hydrogen-bond acceptors (Lipinski definition) is 6. The molecule has 5 rings (SSSR count). The average Bonchev–Trinajstić information content (AvgIpc) is 2.86. The molecular formula is C13H12Cl4N2O4. The minimum absolute atomic E-state index is 0.423. The third-order valence-electron chi connectivity index (χ3n) is 7.01. The smallest absolute Gasteiger partial charge is 0.211 e. The second-order valence-corrected chi connectivity index (χ2v) is 9.22. The molecule has 0 aromatic heterocycles. The van der Waals surface area contributed by atoms with Gasteiger partial charge in [0.25, 0.3) is 0 Å². The number of hydrogen-bond donors (Lipinski definition) is 2. The number of alkyl halides is 4. The van der Waals surface area contributed by atoms with Gasteiger partial charge in [-0.25, -0.2) is 0 Å². The molecule has 126 valence electrons. The zero-order chi connectivity index (χ0) is 16.8. The molecule has 2 N–H and O–H groups in total. The molecule has 10 heteroatoms. The molecule has 23 heavy (non-hydrogen) atoms. The van der Waals surface area contributed by atoms with E-state index in [1.54, 1.807) is 0 Å². The van der Waals surface area contributed by atoms with Gasteiger partial charge >= 0.3 is 0 Å². The fourth-order valence-electron chi connectivity index (χ4n) is 6.67. The number of methoxy groups -OCH3 is 2. The van der Waals surface area contributed by atoms with E-state index in [9.17, 15) is 10.4 Å². The maximum atomic E-state index is 9.55. The standard InChI is InChI=1S/C13H12Cl4N2O4/c1-22-13(23-2)11(16)5-6-8(19-21)4-3(7(5)18-20)9(11,14)10(4,15)12(6,13)17/h3-6,20-21H,1-2H3/b18-7+,19-8+. The predicted molar refractivity (Wildman–Crippen MR) is 83.5 cm³/mol. The van der Waals surface area contributed by atoms with Crippen molar-refractivity contribution in [2.24, 2.45) is 34.0 Å². The summed E-state index contributed by atoms with van der Waals surface area (Å²) in [7, 11) is 2.85. The highest BCUT2D eigenvalue weighted by Crippen LogP contribution is 2.95. The lowest BCUT2D eigenvalue weighted by Crippen LogP contribution is -2.73. The van der Waals surface area contributed by atoms with Crippen LogP contribution in [-0.2, 0) is 9.47 Å². The Balaban J connectivity index is 1.98. The van der Waals surface area contributed by atoms with E-state index in [1.807, 2.05) is 0 Å². The van der Waals surface area contributed by atoms with Gasteiger partial charge in [0.1, 0.15) is 19.5 Å². The first-order chi connectivity index (χ1) is 10.8. The Hall–Kier alpha value is 0.0200. The Bertz CT molecular complexity index is 673. The van der Waals surface area contributed by atoms with E-state index in [1.165, 1.54) is 14.2 Å². The molecule has 0 aromatic carbocycles. The SMILES string of the molecule is COC1(OC)C2(Cl)C3/C(=N/O)C4C5/C(=N\O)C3C1(Cl)C5(Cl)C42Cl. The van der Waals surface area contributed by atoms with Crippen LogP contribution in [0.15, 0.2) is 10.3 Å². The van der Waals surface area contributed by atoms with Gasteiger partial charge in [-0.05, 0) is 0 Å². The summed E-state index contributed by atoms with van der Waals surface area (Å²) in [6, 6.07) is 0. The summed E-state index contributed by atoms with van der Waals surface area (Å²) < 4.78 is 11.4. The summed E-state index contributed by atoms with van der Waals surface area (Å²) in [5, 5.41) is 26.0. The third-order valence-corrected chi connectivity index (χ3v) is 10.5. The van der Waals surface area contributed by atoms with Crippen LogP contribution in [0.2, 0.25) is 0 Å². The van der Waals surface area contributed by atoms with Gasteiger partial charge < -0.3 is 19.9 Å². The number of halogens is 4. The van der Waals surface area contributed by atoms with Crippen molar-refractivity contribution < 1.29 is 19.9 Å². The maximum absolute atomic E-state index is 9.55. The molecule has 0 spiro atoms. The van der Waals surface area contributed by atoms with Crippen LogP contribution >= 0.6 is 46.4 Å². The van der Waals surface area contributed by atoms with E-state index in [0.717, 1.165) is 0 Å². The molecule has 0 aliphatic heterocycles. The molecule has 8 unspecified atom stereocenters. The van der Waals surface area contributed by atoms with Crippen LogP contribution < -0.4 is 0 Å². The molecule has 6 nitrogen and oxygen atoms in total. The van der Waals surface area contributed by atoms with Gasteiger partial charge in [-0.3, -0.25) is 0 Å². The van der Waals surface area contributed by atoms with Gasteiger partial charge in [0.2, 0.25) is 5.79 Å². The van der Waals surface area contributed by atoms with E-state index < -0.39 is 49.0 Å². The summed E-state index contributed by atoms with van der Waals surface area (Å²) in [5.74, 6) is -3.67. The number of rotatable bonds is 2. The third kappa shape index (κ3) is 0.832. The Labute approximate surface area is 151 Å². The molecule has 0 amide bonds. The van der Waals surface area contributed by atoms with Crippen LogP contribution in [0.25, 0.3) is 0 Å². The fraction of sp³-hybridized carbons (Fsp3) is 0.846. The molecule has 5 aliphatic rings. The van der Waals surface area contributed by atoms with Gasteiger partial charge in [0.15, 0.2) is 0 Å². The van der Waals surface area contributed by atoms with Crippen LogP contribution in [0.5, 0.6) is 0 Å². The summed E-state index contributed by atoms with van der Waals surface area (Å²) in [4.78, 5) is -5.18. The molecule has 0 saturated heterocycles. The molecule has 0 radical (unpaired) electrons. The van der Waals surface area contributed by atoms with Crippen LogP contribution in [0.4, 0.5) is 0 Å². The number of ether oxygens (including phenoxy) is 2. The molecule has 0 heterocycles. The quantitative estimate of drug-likeness (QED) is 0.321. The zero-order valence-corrected chi connectivity index (χ0v) is 15.0. The number of fused-ring (bicyclic) bond motifs is 2. The van der Waals surface area contributed by atoms with Crippen molar-refractivity contribution in [3.05, 3.63) is 0 Å². The Morgan fingerprint density at radius 3 is 1.30 bits per heavy atom. The van der Waals surface area contributed by atoms with Crippen molar-refractivity contribution in [2.75, 3.05) is 14.2 Å². The van der Waals surface area contributed by atoms with E-state index >= 15 is 0 Å². The summed E-state index contributed by atoms with van der Waals surface area (Å²) in [6.45, 7) is 0. The predicted octanol–water partition coefficient (Wildman–Crippen LogP) is 2.08. The minimum Gasteiger partial charge on any atom is -0.411 e. The minimum atomic E-state index is -1.52. The summed E-state index contributed by atoms with van der Waals surface area (Å²) in [6.07, 6.45) is 0. The van der Waals surface area contributed by atoms with Gasteiger partial charge in [-0.2, -0.15) is 0 Å². The lowest BCUT2D eigenvalue weighted by Gasteiger charge is -2.58. The molecule has 5 aliphatic carbocycles. The number of oxime groups is 2. The Kier molecular flexibility index (Phi) is 2.39. The average molecular weight is 402 g/mol. The summed E-state index contributed by atoms with van der Waals surface area (Å²) >= 11 is 28.1. The first-order valence-corrected chi connectivity index (χ1v) is 8.57. The lowest BCUT2D eigenvalue weighted by molar-refractivity contribution is -0.223. The fourth-order valence-corrected chi connectivity index (χ4v) is 9.93. The van der Waals surface area contributed by atoms with Crippen molar-refractivity contribution in [3.8, 4) is 0 Å². The highest BCUT2D eigenvalue weighted by molar-refractivity contribution is 6.56. The van der Waals surface area contributed by atoms with Crippen LogP contribution in [0, 0.1) is 23.7 Å². The van der Waals surface area contributed by atoms with Crippen molar-refractivity contribution in [3.63, 3.8) is 0 Å². The van der Waals surface area contributed by atoms with E-state index in [0.29, 0.717) is 11.4 Å². The molecule has 5 saturated carbocycles. The molecule has 0 aromatic rings. The Morgan fingerprint density at radius 1 is 0.739 bits per heavy atom. The molecular weight excluding hydrogens is 390 g/mol. The largest absolute Gasteiger partial charge is 0.411 e. The van der Waals surface area contributed by atoms with Crippen molar-refractivity contribution in [2.45, 2.75) is 25.3 Å². The van der Waals surface area contributed by atoms with Crippen molar-refractivity contribution >= 4 is 57.8 Å². The van der Waals surface area contributed by atoms with Crippen LogP contribution in [-0.4, -0.2) is 61.3 Å². The van der Waals surface area contributed by atoms with Gasteiger partial charge in [-0.15, -0.1) is 46.4 Å². The topological polar surface area (TPSA) is 83.6 Å². The van der Waals surface area contributed by atoms with Crippen molar-refractivity contribution in [1.29, 1.82) is 0 Å². The summed E-state index contributed by atoms with van der Waals surface area (Å²) in [5.41, 5.74) is 0.847. The first kappa shape index (κ1) is 15.3. The highest BCUT2D eigenvalue weighted by Gasteiger charge is 3.11. The van der Waals surface area contributed by atoms with E-state index in [-0.39, 0.29) is 0 Å². The molecule has 8 atom stereocenters. The van der Waals surface area contributed by atoms with Crippen LogP contribution in [0.1, 0.15) is 0 Å². The normalized spacial score (nSPS) is 66.0. The Morgan fingerprint density at radius 2 is 1.04 bits per heavy atom. The first-order valence-electron chi connectivity index (χ1n) is 7.05. The van der Waals surface area contributed by atoms with E-state index in [2.05, 4.69) is 10.3 Å².